The van der Waals surface area contributed by atoms with Gasteiger partial charge in [-0.25, -0.2) is 0 Å². The molecule has 6 heteroatoms. The lowest BCUT2D eigenvalue weighted by Crippen LogP contribution is -2.52. The van der Waals surface area contributed by atoms with Gasteiger partial charge in [0.1, 0.15) is 5.75 Å². The molecule has 0 radical (unpaired) electrons. The van der Waals surface area contributed by atoms with E-state index in [1.807, 2.05) is 47.4 Å². The Kier molecular flexibility index (Phi) is 6.67. The van der Waals surface area contributed by atoms with Gasteiger partial charge in [0, 0.05) is 26.2 Å². The summed E-state index contributed by atoms with van der Waals surface area (Å²) in [5, 5.41) is 9.83. The van der Waals surface area contributed by atoms with E-state index in [1.54, 1.807) is 7.11 Å². The molecule has 30 heavy (non-hydrogen) atoms. The number of carbonyl (C=O) groups is 1. The average molecular weight is 411 g/mol. The number of ether oxygens (including phenoxy) is 2. The van der Waals surface area contributed by atoms with E-state index >= 15 is 0 Å². The highest BCUT2D eigenvalue weighted by Crippen LogP contribution is 2.33. The number of rotatable bonds is 5. The molecular formula is C24H30N2O4. The Labute approximate surface area is 178 Å². The Morgan fingerprint density at radius 2 is 1.77 bits per heavy atom. The zero-order valence-corrected chi connectivity index (χ0v) is 17.4. The molecule has 0 aliphatic carbocycles. The minimum atomic E-state index is -0.206. The number of benzene rings is 2. The summed E-state index contributed by atoms with van der Waals surface area (Å²) >= 11 is 0. The van der Waals surface area contributed by atoms with Crippen molar-refractivity contribution in [2.75, 3.05) is 39.9 Å². The molecule has 0 unspecified atom stereocenters. The SMILES string of the molecule is COc1ccccc1C(=O)N1CCO[C@@H](CN2CCC(O)CC2)[C@@H]1c1ccccc1. The lowest BCUT2D eigenvalue weighted by atomic mass is 9.95. The van der Waals surface area contributed by atoms with Crippen molar-refractivity contribution in [1.82, 2.24) is 9.80 Å². The predicted molar refractivity (Wildman–Crippen MR) is 115 cm³/mol. The summed E-state index contributed by atoms with van der Waals surface area (Å²) in [6, 6.07) is 17.3. The van der Waals surface area contributed by atoms with E-state index in [-0.39, 0.29) is 24.2 Å². The van der Waals surface area contributed by atoms with Crippen LogP contribution in [-0.2, 0) is 4.74 Å². The topological polar surface area (TPSA) is 62.2 Å². The number of aliphatic hydroxyl groups excluding tert-OH is 1. The van der Waals surface area contributed by atoms with Gasteiger partial charge in [0.25, 0.3) is 5.91 Å². The third-order valence-electron chi connectivity index (χ3n) is 6.09. The van der Waals surface area contributed by atoms with Crippen LogP contribution in [0.2, 0.25) is 0 Å². The number of likely N-dealkylation sites (tertiary alicyclic amines) is 1. The van der Waals surface area contributed by atoms with Crippen LogP contribution in [0.15, 0.2) is 54.6 Å². The number of carbonyl (C=O) groups excluding carboxylic acids is 1. The van der Waals surface area contributed by atoms with Gasteiger partial charge in [0.2, 0.25) is 0 Å². The molecule has 0 saturated carbocycles. The van der Waals surface area contributed by atoms with Crippen LogP contribution < -0.4 is 4.74 Å². The smallest absolute Gasteiger partial charge is 0.258 e. The summed E-state index contributed by atoms with van der Waals surface area (Å²) < 4.78 is 11.7. The largest absolute Gasteiger partial charge is 0.496 e. The number of methoxy groups -OCH3 is 1. The standard InChI is InChI=1S/C24H30N2O4/c1-29-21-10-6-5-9-20(21)24(28)26-15-16-30-22(17-25-13-11-19(27)12-14-25)23(26)18-7-3-2-4-8-18/h2-10,19,22-23,27H,11-17H2,1H3/t22-,23-/m0/s1. The first-order chi connectivity index (χ1) is 14.7. The first-order valence-corrected chi connectivity index (χ1v) is 10.7. The Bertz CT molecular complexity index is 836. The van der Waals surface area contributed by atoms with E-state index in [1.165, 1.54) is 0 Å². The van der Waals surface area contributed by atoms with Gasteiger partial charge in [-0.15, -0.1) is 0 Å². The summed E-state index contributed by atoms with van der Waals surface area (Å²) in [7, 11) is 1.59. The van der Waals surface area contributed by atoms with Crippen LogP contribution in [0, 0.1) is 0 Å². The molecule has 4 rings (SSSR count). The Balaban J connectivity index is 1.62. The van der Waals surface area contributed by atoms with E-state index < -0.39 is 0 Å². The van der Waals surface area contributed by atoms with Gasteiger partial charge >= 0.3 is 0 Å². The molecule has 1 N–H and O–H groups in total. The van der Waals surface area contributed by atoms with Crippen LogP contribution >= 0.6 is 0 Å². The monoisotopic (exact) mass is 410 g/mol. The van der Waals surface area contributed by atoms with Gasteiger partial charge in [0.05, 0.1) is 37.5 Å². The minimum absolute atomic E-state index is 0.0383. The molecule has 2 saturated heterocycles. The van der Waals surface area contributed by atoms with Crippen molar-refractivity contribution in [3.63, 3.8) is 0 Å². The minimum Gasteiger partial charge on any atom is -0.496 e. The van der Waals surface area contributed by atoms with Crippen molar-refractivity contribution in [3.8, 4) is 5.75 Å². The second kappa shape index (κ2) is 9.60. The molecule has 2 aliphatic heterocycles. The zero-order chi connectivity index (χ0) is 20.9. The van der Waals surface area contributed by atoms with Crippen molar-refractivity contribution in [3.05, 3.63) is 65.7 Å². The average Bonchev–Trinajstić information content (AvgIpc) is 2.80. The molecule has 0 aromatic heterocycles. The highest BCUT2D eigenvalue weighted by Gasteiger charge is 2.38. The summed E-state index contributed by atoms with van der Waals surface area (Å²) in [4.78, 5) is 17.9. The fourth-order valence-corrected chi connectivity index (χ4v) is 4.49. The van der Waals surface area contributed by atoms with Gasteiger partial charge in [0.15, 0.2) is 0 Å². The molecule has 6 nitrogen and oxygen atoms in total. The third kappa shape index (κ3) is 4.51. The van der Waals surface area contributed by atoms with Crippen molar-refractivity contribution in [2.45, 2.75) is 31.1 Å². The molecule has 0 spiro atoms. The Morgan fingerprint density at radius 3 is 2.50 bits per heavy atom. The second-order valence-electron chi connectivity index (χ2n) is 8.00. The first-order valence-electron chi connectivity index (χ1n) is 10.7. The number of para-hydroxylation sites is 1. The first kappa shape index (κ1) is 20.8. The maximum absolute atomic E-state index is 13.6. The van der Waals surface area contributed by atoms with Crippen LogP contribution in [0.3, 0.4) is 0 Å². The number of morpholine rings is 1. The number of hydrogen-bond acceptors (Lipinski definition) is 5. The molecule has 160 valence electrons. The molecule has 0 bridgehead atoms. The summed E-state index contributed by atoms with van der Waals surface area (Å²) in [6.45, 7) is 3.48. The lowest BCUT2D eigenvalue weighted by Gasteiger charge is -2.44. The quantitative estimate of drug-likeness (QED) is 0.821. The van der Waals surface area contributed by atoms with E-state index in [2.05, 4.69) is 17.0 Å². The van der Waals surface area contributed by atoms with Crippen LogP contribution in [-0.4, -0.2) is 72.9 Å². The molecule has 2 fully saturated rings. The maximum atomic E-state index is 13.6. The number of nitrogens with zero attached hydrogens (tertiary/aromatic N) is 2. The molecule has 2 aromatic rings. The van der Waals surface area contributed by atoms with Crippen molar-refractivity contribution >= 4 is 5.91 Å². The van der Waals surface area contributed by atoms with E-state index in [4.69, 9.17) is 9.47 Å². The number of amides is 1. The van der Waals surface area contributed by atoms with Crippen molar-refractivity contribution in [2.24, 2.45) is 0 Å². The van der Waals surface area contributed by atoms with E-state index in [0.717, 1.165) is 38.0 Å². The molecule has 2 heterocycles. The summed E-state index contributed by atoms with van der Waals surface area (Å²) in [5.74, 6) is 0.547. The fraction of sp³-hybridized carbons (Fsp3) is 0.458. The van der Waals surface area contributed by atoms with Crippen LogP contribution in [0.4, 0.5) is 0 Å². The van der Waals surface area contributed by atoms with Crippen molar-refractivity contribution < 1.29 is 19.4 Å². The van der Waals surface area contributed by atoms with Crippen LogP contribution in [0.1, 0.15) is 34.8 Å². The molecule has 1 amide bonds. The van der Waals surface area contributed by atoms with Crippen LogP contribution in [0.25, 0.3) is 0 Å². The number of aliphatic hydroxyl groups is 1. The maximum Gasteiger partial charge on any atom is 0.258 e. The number of hydrogen-bond donors (Lipinski definition) is 1. The fourth-order valence-electron chi connectivity index (χ4n) is 4.49. The number of piperidine rings is 1. The van der Waals surface area contributed by atoms with E-state index in [0.29, 0.717) is 24.5 Å². The van der Waals surface area contributed by atoms with Gasteiger partial charge < -0.3 is 24.4 Å². The molecular weight excluding hydrogens is 380 g/mol. The molecule has 2 aromatic carbocycles. The summed E-state index contributed by atoms with van der Waals surface area (Å²) in [5.41, 5.74) is 1.64. The van der Waals surface area contributed by atoms with Crippen LogP contribution in [0.5, 0.6) is 5.75 Å². The lowest BCUT2D eigenvalue weighted by molar-refractivity contribution is -0.0771. The van der Waals surface area contributed by atoms with Gasteiger partial charge in [-0.3, -0.25) is 4.79 Å². The normalized spacial score (nSPS) is 23.3. The Morgan fingerprint density at radius 1 is 1.07 bits per heavy atom. The second-order valence-corrected chi connectivity index (χ2v) is 8.00. The van der Waals surface area contributed by atoms with Gasteiger partial charge in [-0.05, 0) is 30.5 Å². The molecule has 2 atom stereocenters. The van der Waals surface area contributed by atoms with Gasteiger partial charge in [-0.1, -0.05) is 42.5 Å². The highest BCUT2D eigenvalue weighted by molar-refractivity contribution is 5.97. The zero-order valence-electron chi connectivity index (χ0n) is 17.4. The predicted octanol–water partition coefficient (Wildman–Crippen LogP) is 2.73. The third-order valence-corrected chi connectivity index (χ3v) is 6.09. The summed E-state index contributed by atoms with van der Waals surface area (Å²) in [6.07, 6.45) is 1.23. The molecule has 2 aliphatic rings. The van der Waals surface area contributed by atoms with Crippen molar-refractivity contribution in [1.29, 1.82) is 0 Å². The van der Waals surface area contributed by atoms with E-state index in [9.17, 15) is 9.90 Å². The van der Waals surface area contributed by atoms with Gasteiger partial charge in [-0.2, -0.15) is 0 Å². The highest BCUT2D eigenvalue weighted by atomic mass is 16.5. The Hall–Kier alpha value is -2.41.